The van der Waals surface area contributed by atoms with E-state index in [1.165, 1.54) is 28.8 Å². The Hall–Kier alpha value is -4.14. The van der Waals surface area contributed by atoms with Crippen LogP contribution in [0.5, 0.6) is 0 Å². The Bertz CT molecular complexity index is 1260. The molecule has 1 amide bonds. The summed E-state index contributed by atoms with van der Waals surface area (Å²) in [7, 11) is 0. The van der Waals surface area contributed by atoms with E-state index in [4.69, 9.17) is 4.74 Å². The number of aryl methyl sites for hydroxylation is 2. The Labute approximate surface area is 176 Å². The zero-order valence-electron chi connectivity index (χ0n) is 16.7. The molecule has 0 unspecified atom stereocenters. The molecule has 2 heterocycles. The zero-order chi connectivity index (χ0) is 22.0. The van der Waals surface area contributed by atoms with Crippen LogP contribution in [0, 0.1) is 19.7 Å². The lowest BCUT2D eigenvalue weighted by molar-refractivity contribution is -0.125. The van der Waals surface area contributed by atoms with Gasteiger partial charge in [0.05, 0.1) is 0 Å². The van der Waals surface area contributed by atoms with Gasteiger partial charge < -0.3 is 10.1 Å². The number of fused-ring (bicyclic) bond motifs is 1. The molecule has 9 heteroatoms. The molecule has 2 aromatic heterocycles. The van der Waals surface area contributed by atoms with Gasteiger partial charge >= 0.3 is 5.97 Å². The second-order valence-electron chi connectivity index (χ2n) is 6.88. The van der Waals surface area contributed by atoms with Crippen LogP contribution in [0.2, 0.25) is 0 Å². The molecule has 156 valence electrons. The lowest BCUT2D eigenvalue weighted by Gasteiger charge is -2.17. The predicted octanol–water partition coefficient (Wildman–Crippen LogP) is 3.42. The zero-order valence-corrected chi connectivity index (χ0v) is 16.7. The summed E-state index contributed by atoms with van der Waals surface area (Å²) in [5.41, 5.74) is 2.31. The molecule has 1 N–H and O–H groups in total. The molecule has 4 aromatic rings. The van der Waals surface area contributed by atoms with Gasteiger partial charge in [0.2, 0.25) is 6.10 Å². The number of ether oxygens (including phenoxy) is 1. The largest absolute Gasteiger partial charge is 0.441 e. The van der Waals surface area contributed by atoms with Crippen LogP contribution >= 0.6 is 0 Å². The summed E-state index contributed by atoms with van der Waals surface area (Å²) in [5.74, 6) is -1.85. The van der Waals surface area contributed by atoms with Gasteiger partial charge in [-0.05, 0) is 44.2 Å². The number of rotatable bonds is 5. The average molecular weight is 419 g/mol. The van der Waals surface area contributed by atoms with Crippen LogP contribution in [-0.2, 0) is 9.53 Å². The van der Waals surface area contributed by atoms with E-state index >= 15 is 0 Å². The van der Waals surface area contributed by atoms with Gasteiger partial charge in [0, 0.05) is 22.6 Å². The van der Waals surface area contributed by atoms with Gasteiger partial charge in [-0.1, -0.05) is 30.3 Å². The number of aromatic nitrogens is 4. The normalized spacial score (nSPS) is 11.8. The van der Waals surface area contributed by atoms with Gasteiger partial charge in [-0.15, -0.1) is 5.10 Å². The Balaban J connectivity index is 1.61. The van der Waals surface area contributed by atoms with Crippen molar-refractivity contribution in [1.29, 1.82) is 0 Å². The van der Waals surface area contributed by atoms with Gasteiger partial charge in [-0.3, -0.25) is 4.79 Å². The van der Waals surface area contributed by atoms with Gasteiger partial charge in [0.25, 0.3) is 17.5 Å². The van der Waals surface area contributed by atoms with Crippen molar-refractivity contribution in [1.82, 2.24) is 19.6 Å². The van der Waals surface area contributed by atoms with Crippen LogP contribution in [0.4, 0.5) is 10.1 Å². The average Bonchev–Trinajstić information content (AvgIpc) is 3.18. The number of nitrogens with one attached hydrogen (secondary N) is 1. The van der Waals surface area contributed by atoms with Crippen LogP contribution < -0.4 is 5.32 Å². The second-order valence-corrected chi connectivity index (χ2v) is 6.88. The molecule has 0 bridgehead atoms. The van der Waals surface area contributed by atoms with Crippen LogP contribution in [0.1, 0.15) is 33.7 Å². The first-order valence-corrected chi connectivity index (χ1v) is 9.44. The number of halogens is 1. The summed E-state index contributed by atoms with van der Waals surface area (Å²) in [6.07, 6.45) is -1.26. The minimum atomic E-state index is -1.26. The number of amides is 1. The van der Waals surface area contributed by atoms with Crippen LogP contribution in [-0.4, -0.2) is 31.5 Å². The summed E-state index contributed by atoms with van der Waals surface area (Å²) in [5, 5.41) is 6.77. The fourth-order valence-electron chi connectivity index (χ4n) is 3.05. The minimum Gasteiger partial charge on any atom is -0.441 e. The quantitative estimate of drug-likeness (QED) is 0.498. The summed E-state index contributed by atoms with van der Waals surface area (Å²) in [4.78, 5) is 34.0. The van der Waals surface area contributed by atoms with Gasteiger partial charge in [-0.2, -0.15) is 4.98 Å². The number of anilines is 1. The molecular formula is C22H18FN5O3. The monoisotopic (exact) mass is 419 g/mol. The van der Waals surface area contributed by atoms with E-state index in [0.717, 1.165) is 11.4 Å². The molecule has 0 aliphatic heterocycles. The summed E-state index contributed by atoms with van der Waals surface area (Å²) in [6, 6.07) is 15.6. The molecule has 8 nitrogen and oxygen atoms in total. The highest BCUT2D eigenvalue weighted by Crippen LogP contribution is 2.21. The molecule has 0 spiro atoms. The van der Waals surface area contributed by atoms with E-state index < -0.39 is 23.8 Å². The first kappa shape index (κ1) is 20.1. The minimum absolute atomic E-state index is 0.211. The second kappa shape index (κ2) is 8.31. The van der Waals surface area contributed by atoms with Gasteiger partial charge in [0.1, 0.15) is 5.82 Å². The van der Waals surface area contributed by atoms with E-state index in [1.54, 1.807) is 36.4 Å². The van der Waals surface area contributed by atoms with Gasteiger partial charge in [0.15, 0.2) is 0 Å². The molecular weight excluding hydrogens is 401 g/mol. The first-order valence-electron chi connectivity index (χ1n) is 9.44. The highest BCUT2D eigenvalue weighted by molar-refractivity contribution is 5.97. The third kappa shape index (κ3) is 4.40. The van der Waals surface area contributed by atoms with Crippen molar-refractivity contribution in [3.8, 4) is 0 Å². The molecule has 0 aliphatic carbocycles. The Morgan fingerprint density at radius 2 is 1.74 bits per heavy atom. The summed E-state index contributed by atoms with van der Waals surface area (Å²) < 4.78 is 20.1. The third-order valence-electron chi connectivity index (χ3n) is 4.48. The molecule has 31 heavy (non-hydrogen) atoms. The molecule has 2 aromatic carbocycles. The summed E-state index contributed by atoms with van der Waals surface area (Å²) in [6.45, 7) is 3.62. The maximum atomic E-state index is 13.1. The van der Waals surface area contributed by atoms with E-state index in [1.807, 2.05) is 13.8 Å². The van der Waals surface area contributed by atoms with Gasteiger partial charge in [-0.25, -0.2) is 18.7 Å². The lowest BCUT2D eigenvalue weighted by atomic mass is 10.1. The fourth-order valence-corrected chi connectivity index (χ4v) is 3.05. The number of nitrogens with zero attached hydrogens (tertiary/aromatic N) is 4. The number of carbonyl (C=O) groups is 2. The van der Waals surface area contributed by atoms with E-state index in [9.17, 15) is 14.0 Å². The van der Waals surface area contributed by atoms with Crippen molar-refractivity contribution in [2.45, 2.75) is 20.0 Å². The van der Waals surface area contributed by atoms with Crippen molar-refractivity contribution >= 4 is 23.3 Å². The van der Waals surface area contributed by atoms with Crippen molar-refractivity contribution in [2.24, 2.45) is 0 Å². The number of benzene rings is 2. The predicted molar refractivity (Wildman–Crippen MR) is 110 cm³/mol. The SMILES string of the molecule is Cc1cc(C)n2nc(C(=O)O[C@@H](C(=O)Nc3ccc(F)cc3)c3ccccc3)nc2n1. The van der Waals surface area contributed by atoms with Crippen LogP contribution in [0.25, 0.3) is 5.78 Å². The van der Waals surface area contributed by atoms with E-state index in [2.05, 4.69) is 20.4 Å². The topological polar surface area (TPSA) is 98.5 Å². The maximum absolute atomic E-state index is 13.1. The Morgan fingerprint density at radius 3 is 2.45 bits per heavy atom. The van der Waals surface area contributed by atoms with Crippen LogP contribution in [0.15, 0.2) is 60.7 Å². The molecule has 1 atom stereocenters. The number of carbonyl (C=O) groups excluding carboxylic acids is 2. The molecule has 0 aliphatic rings. The van der Waals surface area contributed by atoms with Crippen LogP contribution in [0.3, 0.4) is 0 Å². The van der Waals surface area contributed by atoms with Crippen molar-refractivity contribution in [3.05, 3.63) is 89.3 Å². The fraction of sp³-hybridized carbons (Fsp3) is 0.136. The number of hydrogen-bond donors (Lipinski definition) is 1. The molecule has 4 rings (SSSR count). The standard InChI is InChI=1S/C22H18FN5O3/c1-13-12-14(2)28-22(24-13)26-19(27-28)21(30)31-18(15-6-4-3-5-7-15)20(29)25-17-10-8-16(23)9-11-17/h3-12,18H,1-2H3,(H,25,29)/t18-/m1/s1. The van der Waals surface area contributed by atoms with Crippen molar-refractivity contribution < 1.29 is 18.7 Å². The number of esters is 1. The smallest absolute Gasteiger partial charge is 0.379 e. The Morgan fingerprint density at radius 1 is 1.03 bits per heavy atom. The van der Waals surface area contributed by atoms with E-state index in [0.29, 0.717) is 11.3 Å². The molecule has 0 fully saturated rings. The third-order valence-corrected chi connectivity index (χ3v) is 4.48. The first-order chi connectivity index (χ1) is 14.9. The van der Waals surface area contributed by atoms with Crippen molar-refractivity contribution in [3.63, 3.8) is 0 Å². The Kier molecular flexibility index (Phi) is 5.40. The summed E-state index contributed by atoms with van der Waals surface area (Å²) >= 11 is 0. The molecule has 0 saturated heterocycles. The van der Waals surface area contributed by atoms with E-state index in [-0.39, 0.29) is 11.6 Å². The number of hydrogen-bond acceptors (Lipinski definition) is 6. The van der Waals surface area contributed by atoms with Crippen molar-refractivity contribution in [2.75, 3.05) is 5.32 Å². The highest BCUT2D eigenvalue weighted by Gasteiger charge is 2.28. The molecule has 0 saturated carbocycles. The highest BCUT2D eigenvalue weighted by atomic mass is 19.1. The maximum Gasteiger partial charge on any atom is 0.379 e. The molecule has 0 radical (unpaired) electrons. The lowest BCUT2D eigenvalue weighted by Crippen LogP contribution is -2.26.